The Kier molecular flexibility index (Phi) is 5.18. The maximum absolute atomic E-state index is 13.5. The molecule has 1 aromatic heterocycles. The van der Waals surface area contributed by atoms with Gasteiger partial charge in [0, 0.05) is 22.1 Å². The van der Waals surface area contributed by atoms with Gasteiger partial charge < -0.3 is 4.90 Å². The molecule has 0 bridgehead atoms. The Morgan fingerprint density at radius 2 is 1.44 bits per heavy atom. The predicted molar refractivity (Wildman–Crippen MR) is 144 cm³/mol. The van der Waals surface area contributed by atoms with Crippen molar-refractivity contribution in [2.45, 2.75) is 72.9 Å². The number of carbonyl (C=O) groups is 1. The highest BCUT2D eigenvalue weighted by Gasteiger charge is 2.82. The van der Waals surface area contributed by atoms with Crippen molar-refractivity contribution >= 4 is 34.4 Å². The molecule has 0 amide bonds. The molecule has 2 aromatic rings. The molecular formula is C30H34ClNOS. The lowest BCUT2D eigenvalue weighted by molar-refractivity contribution is -0.114. The zero-order valence-corrected chi connectivity index (χ0v) is 23.0. The smallest absolute Gasteiger partial charge is 0.186 e. The monoisotopic (exact) mass is 491 g/mol. The molecule has 2 nitrogen and oxygen atoms in total. The first kappa shape index (κ1) is 23.6. The third-order valence-corrected chi connectivity index (χ3v) is 8.88. The second-order valence-electron chi connectivity index (χ2n) is 12.3. The van der Waals surface area contributed by atoms with Crippen LogP contribution in [0.2, 0.25) is 4.34 Å². The van der Waals surface area contributed by atoms with Crippen LogP contribution in [0.3, 0.4) is 0 Å². The minimum absolute atomic E-state index is 0.174. The molecule has 1 aliphatic heterocycles. The summed E-state index contributed by atoms with van der Waals surface area (Å²) in [7, 11) is 0. The number of hydrogen-bond acceptors (Lipinski definition) is 3. The number of halogens is 1. The average Bonchev–Trinajstić information content (AvgIpc) is 3.57. The molecule has 1 saturated heterocycles. The largest absolute Gasteiger partial charge is 0.358 e. The summed E-state index contributed by atoms with van der Waals surface area (Å²) in [6, 6.07) is 14.1. The number of allylic oxidation sites excluding steroid dienone is 5. The van der Waals surface area contributed by atoms with Crippen LogP contribution in [0.4, 0.5) is 0 Å². The van der Waals surface area contributed by atoms with Gasteiger partial charge in [0.1, 0.15) is 0 Å². The summed E-state index contributed by atoms with van der Waals surface area (Å²) in [4.78, 5) is 17.2. The molecular weight excluding hydrogens is 458 g/mol. The van der Waals surface area contributed by atoms with E-state index >= 15 is 0 Å². The topological polar surface area (TPSA) is 20.1 Å². The van der Waals surface area contributed by atoms with Gasteiger partial charge in [0.05, 0.1) is 27.0 Å². The lowest BCUT2D eigenvalue weighted by atomic mass is 9.71. The molecule has 2 atom stereocenters. The first-order valence-electron chi connectivity index (χ1n) is 12.1. The van der Waals surface area contributed by atoms with Crippen molar-refractivity contribution in [2.24, 2.45) is 10.8 Å². The van der Waals surface area contributed by atoms with Crippen LogP contribution in [0.25, 0.3) is 5.70 Å². The summed E-state index contributed by atoms with van der Waals surface area (Å²) in [5.41, 5.74) is 6.53. The van der Waals surface area contributed by atoms with E-state index in [4.69, 9.17) is 11.6 Å². The maximum Gasteiger partial charge on any atom is 0.186 e. The van der Waals surface area contributed by atoms with Crippen molar-refractivity contribution in [3.8, 4) is 0 Å². The number of hydrogen-bond donors (Lipinski definition) is 0. The van der Waals surface area contributed by atoms with Crippen LogP contribution >= 0.6 is 22.9 Å². The molecule has 3 aliphatic rings. The minimum atomic E-state index is -0.233. The normalized spacial score (nSPS) is 26.2. The van der Waals surface area contributed by atoms with Crippen molar-refractivity contribution in [3.63, 3.8) is 0 Å². The maximum atomic E-state index is 13.5. The van der Waals surface area contributed by atoms with Crippen molar-refractivity contribution in [2.75, 3.05) is 0 Å². The zero-order valence-electron chi connectivity index (χ0n) is 21.4. The molecule has 1 aromatic carbocycles. The standard InChI is InChI=1S/C30H34ClNOS/c1-17-9-11-19(12-10-17)30(8)26-27(30)32(26)24(22-13-14-23(31)34-22)18-15-20(28(2,3)4)25(33)21(16-18)29(5,6)7/h9-16,26-27H,1-8H3. The summed E-state index contributed by atoms with van der Waals surface area (Å²) in [6.45, 7) is 17.3. The highest BCUT2D eigenvalue weighted by Crippen LogP contribution is 2.70. The number of carbonyl (C=O) groups excluding carboxylic acids is 1. The summed E-state index contributed by atoms with van der Waals surface area (Å²) in [5.74, 6) is 0.174. The van der Waals surface area contributed by atoms with E-state index in [1.165, 1.54) is 21.7 Å². The molecule has 2 heterocycles. The fraction of sp³-hybridized carbons (Fsp3) is 0.433. The number of nitrogens with zero attached hydrogens (tertiary/aromatic N) is 1. The minimum Gasteiger partial charge on any atom is -0.358 e. The number of benzene rings is 1. The number of thiophene rings is 1. The summed E-state index contributed by atoms with van der Waals surface area (Å²) in [6.07, 6.45) is 4.28. The van der Waals surface area contributed by atoms with Gasteiger partial charge in [-0.1, -0.05) is 89.9 Å². The van der Waals surface area contributed by atoms with E-state index in [-0.39, 0.29) is 22.0 Å². The number of aryl methyl sites for hydroxylation is 1. The van der Waals surface area contributed by atoms with E-state index in [0.29, 0.717) is 12.1 Å². The molecule has 34 heavy (non-hydrogen) atoms. The van der Waals surface area contributed by atoms with Gasteiger partial charge in [-0.15, -0.1) is 11.3 Å². The van der Waals surface area contributed by atoms with E-state index in [0.717, 1.165) is 21.1 Å². The van der Waals surface area contributed by atoms with Gasteiger partial charge in [-0.3, -0.25) is 4.79 Å². The van der Waals surface area contributed by atoms with Crippen LogP contribution in [-0.2, 0) is 10.2 Å². The summed E-state index contributed by atoms with van der Waals surface area (Å²) >= 11 is 8.02. The first-order chi connectivity index (χ1) is 15.7. The van der Waals surface area contributed by atoms with E-state index in [2.05, 4.69) is 103 Å². The Morgan fingerprint density at radius 1 is 0.912 bits per heavy atom. The first-order valence-corrected chi connectivity index (χ1v) is 13.3. The molecule has 4 heteroatoms. The van der Waals surface area contributed by atoms with Crippen LogP contribution in [0.1, 0.15) is 64.5 Å². The lowest BCUT2D eigenvalue weighted by Gasteiger charge is -2.33. The Labute approximate surface area is 213 Å². The Bertz CT molecular complexity index is 1230. The highest BCUT2D eigenvalue weighted by atomic mass is 35.5. The predicted octanol–water partition coefficient (Wildman–Crippen LogP) is 7.97. The molecule has 0 N–H and O–H groups in total. The zero-order chi connectivity index (χ0) is 24.8. The van der Waals surface area contributed by atoms with E-state index in [1.807, 2.05) is 6.07 Å². The molecule has 0 radical (unpaired) electrons. The molecule has 178 valence electrons. The average molecular weight is 492 g/mol. The third-order valence-electron chi connectivity index (χ3n) is 7.65. The van der Waals surface area contributed by atoms with E-state index in [9.17, 15) is 4.79 Å². The second-order valence-corrected chi connectivity index (χ2v) is 14.0. The Balaban J connectivity index is 1.63. The quantitative estimate of drug-likeness (QED) is 0.405. The van der Waals surface area contributed by atoms with Crippen LogP contribution in [0.5, 0.6) is 0 Å². The van der Waals surface area contributed by atoms with Gasteiger partial charge in [0.15, 0.2) is 5.78 Å². The summed E-state index contributed by atoms with van der Waals surface area (Å²) in [5, 5.41) is 0. The molecule has 1 saturated carbocycles. The molecule has 2 fully saturated rings. The van der Waals surface area contributed by atoms with Gasteiger partial charge >= 0.3 is 0 Å². The number of fused-ring (bicyclic) bond motifs is 1. The number of rotatable bonds is 3. The Hall–Kier alpha value is -2.10. The molecule has 0 spiro atoms. The molecule has 2 aliphatic carbocycles. The Morgan fingerprint density at radius 3 is 1.88 bits per heavy atom. The fourth-order valence-corrected chi connectivity index (χ4v) is 6.58. The second kappa shape index (κ2) is 7.45. The lowest BCUT2D eigenvalue weighted by Crippen LogP contribution is -2.31. The van der Waals surface area contributed by atoms with Crippen LogP contribution in [0, 0.1) is 17.8 Å². The molecule has 2 unspecified atom stereocenters. The molecule has 5 rings (SSSR count). The van der Waals surface area contributed by atoms with Gasteiger partial charge in [-0.2, -0.15) is 0 Å². The fourth-order valence-electron chi connectivity index (χ4n) is 5.47. The van der Waals surface area contributed by atoms with Crippen molar-refractivity contribution in [3.05, 3.63) is 85.6 Å². The van der Waals surface area contributed by atoms with Crippen molar-refractivity contribution < 1.29 is 4.79 Å². The van der Waals surface area contributed by atoms with Crippen molar-refractivity contribution in [1.29, 1.82) is 0 Å². The van der Waals surface area contributed by atoms with Crippen molar-refractivity contribution in [1.82, 2.24) is 4.90 Å². The summed E-state index contributed by atoms with van der Waals surface area (Å²) < 4.78 is 0.789. The third kappa shape index (κ3) is 3.63. The van der Waals surface area contributed by atoms with E-state index < -0.39 is 0 Å². The van der Waals surface area contributed by atoms with E-state index in [1.54, 1.807) is 11.3 Å². The number of Topliss-reactive ketones (excluding diaryl/α,β-unsaturated/α-hetero) is 1. The van der Waals surface area contributed by atoms with Gasteiger partial charge in [-0.05, 0) is 47.6 Å². The van der Waals surface area contributed by atoms with Crippen LogP contribution < -0.4 is 0 Å². The number of ketones is 1. The van der Waals surface area contributed by atoms with Gasteiger partial charge in [-0.25, -0.2) is 0 Å². The van der Waals surface area contributed by atoms with Gasteiger partial charge in [0.25, 0.3) is 0 Å². The highest BCUT2D eigenvalue weighted by molar-refractivity contribution is 7.17. The van der Waals surface area contributed by atoms with Gasteiger partial charge in [0.2, 0.25) is 0 Å². The SMILES string of the molecule is Cc1ccc(C2(C)C3C2N3C(=C2C=C(C(C)(C)C)C(=O)C(C(C)(C)C)=C2)c2ccc(Cl)s2)cc1. The van der Waals surface area contributed by atoms with Crippen LogP contribution in [-0.4, -0.2) is 22.8 Å². The number of likely N-dealkylation sites (tertiary alicyclic amines) is 1. The van der Waals surface area contributed by atoms with Crippen LogP contribution in [0.15, 0.2) is 65.3 Å².